The number of likely N-dealkylation sites (tertiary alicyclic amines) is 1. The Bertz CT molecular complexity index is 740. The summed E-state index contributed by atoms with van der Waals surface area (Å²) < 4.78 is 5.47. The van der Waals surface area contributed by atoms with Crippen molar-refractivity contribution in [3.63, 3.8) is 0 Å². The van der Waals surface area contributed by atoms with Gasteiger partial charge in [0.05, 0.1) is 0 Å². The van der Waals surface area contributed by atoms with Gasteiger partial charge in [-0.3, -0.25) is 9.89 Å². The van der Waals surface area contributed by atoms with Gasteiger partial charge in [0.15, 0.2) is 17.1 Å². The van der Waals surface area contributed by atoms with Gasteiger partial charge in [0.25, 0.3) is 5.91 Å². The second-order valence-corrected chi connectivity index (χ2v) is 5.71. The van der Waals surface area contributed by atoms with E-state index >= 15 is 0 Å². The average Bonchev–Trinajstić information content (AvgIpc) is 3.16. The molecule has 2 aromatic rings. The fourth-order valence-electron chi connectivity index (χ4n) is 2.59. The number of aromatic amines is 1. The maximum atomic E-state index is 12.4. The Morgan fingerprint density at radius 1 is 1.35 bits per heavy atom. The fourth-order valence-corrected chi connectivity index (χ4v) is 2.59. The molecule has 0 saturated carbocycles. The van der Waals surface area contributed by atoms with Gasteiger partial charge in [-0.15, -0.1) is 0 Å². The number of carbonyl (C=O) groups excluding carboxylic acids is 1. The summed E-state index contributed by atoms with van der Waals surface area (Å²) >= 11 is 0. The van der Waals surface area contributed by atoms with Crippen molar-refractivity contribution in [1.82, 2.24) is 15.1 Å². The lowest BCUT2D eigenvalue weighted by molar-refractivity contribution is -0.162. The van der Waals surface area contributed by atoms with Crippen LogP contribution in [0.5, 0.6) is 0 Å². The summed E-state index contributed by atoms with van der Waals surface area (Å²) in [6.45, 7) is 2.16. The molecular weight excluding hydrogens is 302 g/mol. The number of hydrogen-bond donors (Lipinski definition) is 3. The molecule has 3 N–H and O–H groups in total. The van der Waals surface area contributed by atoms with Crippen LogP contribution < -0.4 is 0 Å². The van der Waals surface area contributed by atoms with Gasteiger partial charge < -0.3 is 19.5 Å². The molecule has 3 rings (SSSR count). The number of aryl methyl sites for hydroxylation is 1. The number of rotatable bonds is 3. The zero-order valence-corrected chi connectivity index (χ0v) is 12.6. The molecule has 0 radical (unpaired) electrons. The lowest BCUT2D eigenvalue weighted by atomic mass is 9.91. The number of carboxylic acids is 1. The maximum Gasteiger partial charge on any atom is 0.335 e. The quantitative estimate of drug-likeness (QED) is 0.777. The second-order valence-electron chi connectivity index (χ2n) is 5.71. The number of amides is 1. The molecule has 2 aromatic heterocycles. The monoisotopic (exact) mass is 319 g/mol. The molecule has 122 valence electrons. The standard InChI is InChI=1S/C15H17N3O5/c1-9-2-3-12(23-9)10-8-11(17-16-10)13(19)18-6-4-15(22,5-7-18)14(20)21/h2-3,8,22H,4-7H2,1H3,(H,16,17)(H,20,21). The van der Waals surface area contributed by atoms with Gasteiger partial charge in [0.1, 0.15) is 11.5 Å². The van der Waals surface area contributed by atoms with Crippen molar-refractivity contribution >= 4 is 11.9 Å². The largest absolute Gasteiger partial charge is 0.479 e. The van der Waals surface area contributed by atoms with Crippen molar-refractivity contribution in [1.29, 1.82) is 0 Å². The summed E-state index contributed by atoms with van der Waals surface area (Å²) in [7, 11) is 0. The maximum absolute atomic E-state index is 12.4. The highest BCUT2D eigenvalue weighted by Crippen LogP contribution is 2.25. The van der Waals surface area contributed by atoms with Crippen molar-refractivity contribution in [2.75, 3.05) is 13.1 Å². The van der Waals surface area contributed by atoms with E-state index in [1.807, 2.05) is 13.0 Å². The topological polar surface area (TPSA) is 120 Å². The van der Waals surface area contributed by atoms with Gasteiger partial charge in [-0.2, -0.15) is 5.10 Å². The predicted octanol–water partition coefficient (Wildman–Crippen LogP) is 1.03. The van der Waals surface area contributed by atoms with E-state index in [0.29, 0.717) is 11.5 Å². The lowest BCUT2D eigenvalue weighted by Crippen LogP contribution is -2.50. The summed E-state index contributed by atoms with van der Waals surface area (Å²) in [6, 6.07) is 5.19. The predicted molar refractivity (Wildman–Crippen MR) is 78.7 cm³/mol. The van der Waals surface area contributed by atoms with Crippen LogP contribution in [0.2, 0.25) is 0 Å². The van der Waals surface area contributed by atoms with Gasteiger partial charge >= 0.3 is 5.97 Å². The number of nitrogens with one attached hydrogen (secondary N) is 1. The summed E-state index contributed by atoms with van der Waals surface area (Å²) in [6.07, 6.45) is 0.00542. The summed E-state index contributed by atoms with van der Waals surface area (Å²) in [4.78, 5) is 24.9. The average molecular weight is 319 g/mol. The Morgan fingerprint density at radius 3 is 2.61 bits per heavy atom. The first-order valence-corrected chi connectivity index (χ1v) is 7.26. The van der Waals surface area contributed by atoms with Crippen molar-refractivity contribution in [3.8, 4) is 11.5 Å². The minimum atomic E-state index is -1.75. The third-order valence-corrected chi connectivity index (χ3v) is 4.08. The number of aliphatic carboxylic acids is 1. The number of carbonyl (C=O) groups is 2. The van der Waals surface area contributed by atoms with E-state index in [1.54, 1.807) is 12.1 Å². The van der Waals surface area contributed by atoms with Crippen LogP contribution in [0.4, 0.5) is 0 Å². The molecule has 1 saturated heterocycles. The Kier molecular flexibility index (Phi) is 3.69. The number of nitrogens with zero attached hydrogens (tertiary/aromatic N) is 2. The van der Waals surface area contributed by atoms with E-state index in [4.69, 9.17) is 9.52 Å². The van der Waals surface area contributed by atoms with Crippen LogP contribution in [0, 0.1) is 6.92 Å². The van der Waals surface area contributed by atoms with Crippen LogP contribution in [-0.2, 0) is 4.79 Å². The number of carboxylic acid groups (broad SMARTS) is 1. The fraction of sp³-hybridized carbons (Fsp3) is 0.400. The third-order valence-electron chi connectivity index (χ3n) is 4.08. The molecule has 0 aromatic carbocycles. The van der Waals surface area contributed by atoms with E-state index in [0.717, 1.165) is 5.76 Å². The smallest absolute Gasteiger partial charge is 0.335 e. The zero-order valence-electron chi connectivity index (χ0n) is 12.6. The molecule has 0 spiro atoms. The zero-order chi connectivity index (χ0) is 16.6. The van der Waals surface area contributed by atoms with E-state index in [1.165, 1.54) is 4.90 Å². The first kappa shape index (κ1) is 15.3. The summed E-state index contributed by atoms with van der Waals surface area (Å²) in [5.74, 6) is -0.206. The molecule has 8 nitrogen and oxygen atoms in total. The van der Waals surface area contributed by atoms with Crippen molar-refractivity contribution in [2.24, 2.45) is 0 Å². The molecule has 0 bridgehead atoms. The lowest BCUT2D eigenvalue weighted by Gasteiger charge is -2.34. The first-order chi connectivity index (χ1) is 10.9. The normalized spacial score (nSPS) is 17.2. The highest BCUT2D eigenvalue weighted by atomic mass is 16.4. The number of H-pyrrole nitrogens is 1. The minimum Gasteiger partial charge on any atom is -0.479 e. The van der Waals surface area contributed by atoms with Gasteiger partial charge in [-0.05, 0) is 19.1 Å². The number of hydrogen-bond acceptors (Lipinski definition) is 5. The van der Waals surface area contributed by atoms with Crippen LogP contribution in [0.25, 0.3) is 11.5 Å². The Morgan fingerprint density at radius 2 is 2.04 bits per heavy atom. The van der Waals surface area contributed by atoms with E-state index in [-0.39, 0.29) is 37.5 Å². The van der Waals surface area contributed by atoms with Gasteiger partial charge in [-0.1, -0.05) is 0 Å². The van der Waals surface area contributed by atoms with E-state index < -0.39 is 11.6 Å². The van der Waals surface area contributed by atoms with Gasteiger partial charge in [-0.25, -0.2) is 4.79 Å². The van der Waals surface area contributed by atoms with Gasteiger partial charge in [0, 0.05) is 32.0 Å². The molecule has 0 atom stereocenters. The number of furan rings is 1. The van der Waals surface area contributed by atoms with Crippen LogP contribution in [0.1, 0.15) is 29.1 Å². The molecule has 1 fully saturated rings. The van der Waals surface area contributed by atoms with Crippen LogP contribution in [0.15, 0.2) is 22.6 Å². The van der Waals surface area contributed by atoms with E-state index in [9.17, 15) is 14.7 Å². The Hall–Kier alpha value is -2.61. The number of piperidine rings is 1. The van der Waals surface area contributed by atoms with E-state index in [2.05, 4.69) is 10.2 Å². The third kappa shape index (κ3) is 2.85. The molecule has 1 aliphatic rings. The molecule has 8 heteroatoms. The van der Waals surface area contributed by atoms with Gasteiger partial charge in [0.2, 0.25) is 0 Å². The second kappa shape index (κ2) is 5.54. The Labute approximate surface area is 131 Å². The highest BCUT2D eigenvalue weighted by molar-refractivity contribution is 5.93. The molecule has 1 amide bonds. The van der Waals surface area contributed by atoms with Crippen molar-refractivity contribution in [2.45, 2.75) is 25.4 Å². The molecule has 0 aliphatic carbocycles. The molecule has 0 unspecified atom stereocenters. The highest BCUT2D eigenvalue weighted by Gasteiger charge is 2.40. The summed E-state index contributed by atoms with van der Waals surface area (Å²) in [5, 5.41) is 25.6. The minimum absolute atomic E-state index is 0.00271. The number of aliphatic hydroxyl groups is 1. The van der Waals surface area contributed by atoms with Crippen LogP contribution >= 0.6 is 0 Å². The SMILES string of the molecule is Cc1ccc(-c2cc(C(=O)N3CCC(O)(C(=O)O)CC3)n[nH]2)o1. The van der Waals surface area contributed by atoms with Crippen LogP contribution in [-0.4, -0.2) is 55.9 Å². The van der Waals surface area contributed by atoms with Crippen LogP contribution in [0.3, 0.4) is 0 Å². The Balaban J connectivity index is 1.70. The van der Waals surface area contributed by atoms with Crippen molar-refractivity contribution < 1.29 is 24.2 Å². The molecular formula is C15H17N3O5. The molecule has 3 heterocycles. The molecule has 1 aliphatic heterocycles. The number of aromatic nitrogens is 2. The molecule has 23 heavy (non-hydrogen) atoms. The summed E-state index contributed by atoms with van der Waals surface area (Å²) in [5.41, 5.74) is -0.922. The first-order valence-electron chi connectivity index (χ1n) is 7.26. The van der Waals surface area contributed by atoms with Crippen molar-refractivity contribution in [3.05, 3.63) is 29.7 Å².